The van der Waals surface area contributed by atoms with Crippen molar-refractivity contribution in [2.75, 3.05) is 11.9 Å². The van der Waals surface area contributed by atoms with Crippen LogP contribution in [0.5, 0.6) is 5.75 Å². The molecule has 0 aliphatic heterocycles. The van der Waals surface area contributed by atoms with Gasteiger partial charge in [-0.25, -0.2) is 9.97 Å². The second-order valence-electron chi connectivity index (χ2n) is 4.39. The first kappa shape index (κ1) is 15.1. The molecule has 2 aromatic rings. The first-order chi connectivity index (χ1) is 9.95. The minimum atomic E-state index is -4.48. The van der Waals surface area contributed by atoms with E-state index in [1.165, 1.54) is 0 Å². The smallest absolute Gasteiger partial charge is 0.433 e. The Kier molecular flexibility index (Phi) is 4.62. The zero-order valence-corrected chi connectivity index (χ0v) is 11.3. The molecule has 0 spiro atoms. The molecule has 0 amide bonds. The number of aromatic nitrogens is 2. The Morgan fingerprint density at radius 3 is 2.57 bits per heavy atom. The molecule has 4 nitrogen and oxygen atoms in total. The van der Waals surface area contributed by atoms with E-state index in [0.717, 1.165) is 12.3 Å². The molecule has 2 rings (SSSR count). The Labute approximate surface area is 120 Å². The summed E-state index contributed by atoms with van der Waals surface area (Å²) in [5, 5.41) is 2.73. The van der Waals surface area contributed by atoms with Crippen molar-refractivity contribution in [1.82, 2.24) is 9.97 Å². The van der Waals surface area contributed by atoms with Gasteiger partial charge in [0, 0.05) is 6.20 Å². The van der Waals surface area contributed by atoms with E-state index in [9.17, 15) is 13.2 Å². The number of nitrogens with zero attached hydrogens (tertiary/aromatic N) is 2. The average Bonchev–Trinajstić information content (AvgIpc) is 2.46. The van der Waals surface area contributed by atoms with Gasteiger partial charge in [-0.15, -0.1) is 0 Å². The van der Waals surface area contributed by atoms with Crippen LogP contribution in [0.25, 0.3) is 0 Å². The normalized spacial score (nSPS) is 12.8. The van der Waals surface area contributed by atoms with Crippen LogP contribution in [0.3, 0.4) is 0 Å². The van der Waals surface area contributed by atoms with Crippen LogP contribution in [0.2, 0.25) is 0 Å². The molecule has 0 fully saturated rings. The number of rotatable bonds is 5. The van der Waals surface area contributed by atoms with Crippen molar-refractivity contribution in [3.63, 3.8) is 0 Å². The van der Waals surface area contributed by atoms with E-state index in [1.54, 1.807) is 19.1 Å². The minimum absolute atomic E-state index is 0.0756. The van der Waals surface area contributed by atoms with Gasteiger partial charge in [0.15, 0.2) is 0 Å². The fraction of sp³-hybridized carbons (Fsp3) is 0.286. The summed E-state index contributed by atoms with van der Waals surface area (Å²) in [5.41, 5.74) is -0.975. The van der Waals surface area contributed by atoms with Crippen molar-refractivity contribution < 1.29 is 17.9 Å². The lowest BCUT2D eigenvalue weighted by molar-refractivity contribution is -0.141. The summed E-state index contributed by atoms with van der Waals surface area (Å²) < 4.78 is 43.1. The molecule has 0 bridgehead atoms. The number of hydrogen-bond acceptors (Lipinski definition) is 4. The van der Waals surface area contributed by atoms with Crippen molar-refractivity contribution in [2.24, 2.45) is 0 Å². The molecule has 1 unspecified atom stereocenters. The van der Waals surface area contributed by atoms with Gasteiger partial charge in [0.25, 0.3) is 0 Å². The number of benzene rings is 1. The lowest BCUT2D eigenvalue weighted by Crippen LogP contribution is -2.24. The van der Waals surface area contributed by atoms with Gasteiger partial charge in [-0.1, -0.05) is 18.2 Å². The number of hydrogen-bond donors (Lipinski definition) is 1. The third kappa shape index (κ3) is 4.62. The predicted molar refractivity (Wildman–Crippen MR) is 72.1 cm³/mol. The molecule has 7 heteroatoms. The SMILES string of the molecule is CC(CNc1nccc(C(F)(F)F)n1)Oc1ccccc1. The van der Waals surface area contributed by atoms with Gasteiger partial charge >= 0.3 is 6.18 Å². The third-order valence-corrected chi connectivity index (χ3v) is 2.57. The highest BCUT2D eigenvalue weighted by Crippen LogP contribution is 2.27. The van der Waals surface area contributed by atoms with Gasteiger partial charge in [0.05, 0.1) is 6.54 Å². The first-order valence-electron chi connectivity index (χ1n) is 6.31. The molecule has 1 atom stereocenters. The molecule has 1 N–H and O–H groups in total. The van der Waals surface area contributed by atoms with Gasteiger partial charge < -0.3 is 10.1 Å². The minimum Gasteiger partial charge on any atom is -0.489 e. The first-order valence-corrected chi connectivity index (χ1v) is 6.31. The van der Waals surface area contributed by atoms with Gasteiger partial charge in [0.1, 0.15) is 17.5 Å². The number of halogens is 3. The maximum absolute atomic E-state index is 12.5. The van der Waals surface area contributed by atoms with Crippen LogP contribution < -0.4 is 10.1 Å². The molecule has 0 aliphatic carbocycles. The molecule has 0 saturated heterocycles. The zero-order chi connectivity index (χ0) is 15.3. The van der Waals surface area contributed by atoms with Crippen LogP contribution in [-0.2, 0) is 6.18 Å². The molecule has 21 heavy (non-hydrogen) atoms. The van der Waals surface area contributed by atoms with Crippen LogP contribution in [-0.4, -0.2) is 22.6 Å². The number of anilines is 1. The highest BCUT2D eigenvalue weighted by atomic mass is 19.4. The summed E-state index contributed by atoms with van der Waals surface area (Å²) >= 11 is 0. The molecular formula is C14H14F3N3O. The summed E-state index contributed by atoms with van der Waals surface area (Å²) in [6.07, 6.45) is -3.66. The van der Waals surface area contributed by atoms with E-state index in [1.807, 2.05) is 18.2 Å². The quantitative estimate of drug-likeness (QED) is 0.919. The van der Waals surface area contributed by atoms with E-state index in [2.05, 4.69) is 15.3 Å². The Morgan fingerprint density at radius 2 is 1.90 bits per heavy atom. The van der Waals surface area contributed by atoms with Crippen LogP contribution in [0.1, 0.15) is 12.6 Å². The highest BCUT2D eigenvalue weighted by Gasteiger charge is 2.32. The molecule has 0 radical (unpaired) electrons. The summed E-state index contributed by atoms with van der Waals surface area (Å²) in [6.45, 7) is 2.09. The lowest BCUT2D eigenvalue weighted by atomic mass is 10.3. The average molecular weight is 297 g/mol. The van der Waals surface area contributed by atoms with Crippen molar-refractivity contribution in [2.45, 2.75) is 19.2 Å². The summed E-state index contributed by atoms with van der Waals surface area (Å²) in [6, 6.07) is 9.98. The second-order valence-corrected chi connectivity index (χ2v) is 4.39. The molecule has 1 aromatic heterocycles. The molecule has 1 aromatic carbocycles. The van der Waals surface area contributed by atoms with Gasteiger partial charge in [-0.2, -0.15) is 13.2 Å². The standard InChI is InChI=1S/C14H14F3N3O/c1-10(21-11-5-3-2-4-6-11)9-19-13-18-8-7-12(20-13)14(15,16)17/h2-8,10H,9H2,1H3,(H,18,19,20). The fourth-order valence-corrected chi connectivity index (χ4v) is 1.61. The third-order valence-electron chi connectivity index (χ3n) is 2.57. The van der Waals surface area contributed by atoms with E-state index in [4.69, 9.17) is 4.74 Å². The summed E-state index contributed by atoms with van der Waals surface area (Å²) in [4.78, 5) is 7.17. The molecule has 0 aliphatic rings. The summed E-state index contributed by atoms with van der Waals surface area (Å²) in [5.74, 6) is 0.616. The van der Waals surface area contributed by atoms with Crippen LogP contribution in [0, 0.1) is 0 Å². The van der Waals surface area contributed by atoms with Crippen molar-refractivity contribution in [3.8, 4) is 5.75 Å². The van der Waals surface area contributed by atoms with Crippen molar-refractivity contribution in [3.05, 3.63) is 48.3 Å². The van der Waals surface area contributed by atoms with Gasteiger partial charge in [-0.05, 0) is 25.1 Å². The number of ether oxygens (including phenoxy) is 1. The van der Waals surface area contributed by atoms with E-state index in [0.29, 0.717) is 5.75 Å². The predicted octanol–water partition coefficient (Wildman–Crippen LogP) is 3.37. The largest absolute Gasteiger partial charge is 0.489 e. The Bertz CT molecular complexity index is 575. The van der Waals surface area contributed by atoms with Crippen LogP contribution >= 0.6 is 0 Å². The topological polar surface area (TPSA) is 47.0 Å². The van der Waals surface area contributed by atoms with Crippen LogP contribution in [0.15, 0.2) is 42.6 Å². The van der Waals surface area contributed by atoms with Crippen molar-refractivity contribution >= 4 is 5.95 Å². The lowest BCUT2D eigenvalue weighted by Gasteiger charge is -2.15. The highest BCUT2D eigenvalue weighted by molar-refractivity contribution is 5.26. The summed E-state index contributed by atoms with van der Waals surface area (Å²) in [7, 11) is 0. The maximum atomic E-state index is 12.5. The Balaban J connectivity index is 1.91. The molecular weight excluding hydrogens is 283 g/mol. The Morgan fingerprint density at radius 1 is 1.19 bits per heavy atom. The monoisotopic (exact) mass is 297 g/mol. The molecule has 112 valence electrons. The van der Waals surface area contributed by atoms with E-state index >= 15 is 0 Å². The maximum Gasteiger partial charge on any atom is 0.433 e. The number of alkyl halides is 3. The van der Waals surface area contributed by atoms with Gasteiger partial charge in [0.2, 0.25) is 5.95 Å². The van der Waals surface area contributed by atoms with Crippen LogP contribution in [0.4, 0.5) is 19.1 Å². The van der Waals surface area contributed by atoms with Gasteiger partial charge in [-0.3, -0.25) is 0 Å². The molecule has 1 heterocycles. The number of para-hydroxylation sites is 1. The zero-order valence-electron chi connectivity index (χ0n) is 11.3. The number of nitrogens with one attached hydrogen (secondary N) is 1. The molecule has 0 saturated carbocycles. The fourth-order valence-electron chi connectivity index (χ4n) is 1.61. The van der Waals surface area contributed by atoms with E-state index < -0.39 is 11.9 Å². The Hall–Kier alpha value is -2.31. The second kappa shape index (κ2) is 6.43. The van der Waals surface area contributed by atoms with Crippen molar-refractivity contribution in [1.29, 1.82) is 0 Å². The van der Waals surface area contributed by atoms with E-state index in [-0.39, 0.29) is 18.6 Å².